The van der Waals surface area contributed by atoms with Crippen molar-refractivity contribution >= 4 is 39.3 Å². The van der Waals surface area contributed by atoms with Gasteiger partial charge in [0.2, 0.25) is 5.88 Å². The number of fused-ring (bicyclic) bond motifs is 1. The number of aromatic hydroxyl groups is 1. The van der Waals surface area contributed by atoms with E-state index in [-0.39, 0.29) is 22.9 Å². The van der Waals surface area contributed by atoms with Crippen LogP contribution in [0, 0.1) is 0 Å². The molecule has 1 saturated heterocycles. The van der Waals surface area contributed by atoms with E-state index >= 15 is 0 Å². The van der Waals surface area contributed by atoms with Gasteiger partial charge in [0.15, 0.2) is 0 Å². The summed E-state index contributed by atoms with van der Waals surface area (Å²) >= 11 is 1.41. The Bertz CT molecular complexity index is 812. The van der Waals surface area contributed by atoms with Gasteiger partial charge in [-0.25, -0.2) is 0 Å². The fourth-order valence-corrected chi connectivity index (χ4v) is 4.17. The minimum Gasteiger partial charge on any atom is -0.492 e. The number of aromatic nitrogens is 1. The molecule has 4 rings (SSSR count). The van der Waals surface area contributed by atoms with Crippen molar-refractivity contribution in [2.75, 3.05) is 13.1 Å². The van der Waals surface area contributed by atoms with Crippen molar-refractivity contribution in [3.05, 3.63) is 48.0 Å². The molecule has 1 fully saturated rings. The number of halogens is 1. The lowest BCUT2D eigenvalue weighted by Gasteiger charge is -2.23. The van der Waals surface area contributed by atoms with Gasteiger partial charge >= 0.3 is 0 Å². The van der Waals surface area contributed by atoms with Gasteiger partial charge in [0.05, 0.1) is 4.88 Å². The van der Waals surface area contributed by atoms with Gasteiger partial charge in [0.25, 0.3) is 0 Å². The maximum absolute atomic E-state index is 10.2. The van der Waals surface area contributed by atoms with Gasteiger partial charge in [-0.3, -0.25) is 0 Å². The van der Waals surface area contributed by atoms with Crippen molar-refractivity contribution in [1.29, 1.82) is 0 Å². The van der Waals surface area contributed by atoms with E-state index in [1.54, 1.807) is 0 Å². The van der Waals surface area contributed by atoms with Crippen LogP contribution in [-0.4, -0.2) is 22.6 Å². The molecule has 2 N–H and O–H groups in total. The summed E-state index contributed by atoms with van der Waals surface area (Å²) in [7, 11) is 0. The Labute approximate surface area is 150 Å². The zero-order valence-corrected chi connectivity index (χ0v) is 15.2. The molecule has 2 heterocycles. The third kappa shape index (κ3) is 3.13. The third-order valence-corrected chi connectivity index (χ3v) is 5.37. The van der Waals surface area contributed by atoms with E-state index in [0.29, 0.717) is 5.92 Å². The maximum atomic E-state index is 10.2. The van der Waals surface area contributed by atoms with Gasteiger partial charge in [-0.15, -0.1) is 17.0 Å². The zero-order chi connectivity index (χ0) is 14.9. The normalized spacial score (nSPS) is 15.5. The summed E-state index contributed by atoms with van der Waals surface area (Å²) in [6.45, 7) is 2.02. The maximum Gasteiger partial charge on any atom is 0.226 e. The van der Waals surface area contributed by atoms with Crippen molar-refractivity contribution in [3.8, 4) is 16.3 Å². The van der Waals surface area contributed by atoms with Crippen molar-refractivity contribution in [1.82, 2.24) is 9.69 Å². The molecule has 0 spiro atoms. The van der Waals surface area contributed by atoms with Gasteiger partial charge < -0.3 is 10.4 Å². The first kappa shape index (κ1) is 16.4. The van der Waals surface area contributed by atoms with Crippen LogP contribution in [0.25, 0.3) is 21.2 Å². The van der Waals surface area contributed by atoms with Crippen LogP contribution in [-0.2, 0) is 0 Å². The molecule has 1 aliphatic heterocycles. The molecule has 23 heavy (non-hydrogen) atoms. The number of hydrogen-bond donors (Lipinski definition) is 2. The Morgan fingerprint density at radius 3 is 2.57 bits per heavy atom. The molecular formula is C18H19BrN2OS. The predicted octanol–water partition coefficient (Wildman–Crippen LogP) is 4.71. The van der Waals surface area contributed by atoms with E-state index in [1.165, 1.54) is 22.3 Å². The van der Waals surface area contributed by atoms with Crippen molar-refractivity contribution in [2.45, 2.75) is 18.8 Å². The fourth-order valence-electron chi connectivity index (χ4n) is 3.31. The highest BCUT2D eigenvalue weighted by molar-refractivity contribution is 8.93. The lowest BCUT2D eigenvalue weighted by molar-refractivity contribution is 0.418. The Morgan fingerprint density at radius 2 is 1.78 bits per heavy atom. The largest absolute Gasteiger partial charge is 0.492 e. The van der Waals surface area contributed by atoms with E-state index in [0.717, 1.165) is 41.9 Å². The van der Waals surface area contributed by atoms with Gasteiger partial charge in [-0.05, 0) is 65.8 Å². The van der Waals surface area contributed by atoms with E-state index in [9.17, 15) is 5.11 Å². The number of nitrogens with zero attached hydrogens (tertiary/aromatic N) is 1. The number of piperidine rings is 1. The highest BCUT2D eigenvalue weighted by Gasteiger charge is 2.25. The van der Waals surface area contributed by atoms with Gasteiger partial charge in [-0.1, -0.05) is 36.4 Å². The minimum atomic E-state index is 0. The SMILES string of the molecule is Br.Oc1nsc(-c2ccc3ccccc3c2)c1C1CCNCC1. The van der Waals surface area contributed by atoms with Gasteiger partial charge in [0, 0.05) is 5.56 Å². The van der Waals surface area contributed by atoms with Crippen molar-refractivity contribution in [3.63, 3.8) is 0 Å². The molecule has 0 aliphatic carbocycles. The van der Waals surface area contributed by atoms with Crippen LogP contribution in [0.4, 0.5) is 0 Å². The molecule has 0 unspecified atom stereocenters. The quantitative estimate of drug-likeness (QED) is 0.665. The number of rotatable bonds is 2. The Kier molecular flexibility index (Phi) is 4.99. The molecule has 1 aromatic heterocycles. The molecule has 0 atom stereocenters. The van der Waals surface area contributed by atoms with E-state index in [2.05, 4.69) is 52.2 Å². The smallest absolute Gasteiger partial charge is 0.226 e. The molecule has 0 saturated carbocycles. The van der Waals surface area contributed by atoms with Crippen LogP contribution < -0.4 is 5.32 Å². The Hall–Kier alpha value is -1.43. The average molecular weight is 391 g/mol. The Morgan fingerprint density at radius 1 is 1.04 bits per heavy atom. The lowest BCUT2D eigenvalue weighted by Crippen LogP contribution is -2.26. The first-order chi connectivity index (χ1) is 10.8. The highest BCUT2D eigenvalue weighted by atomic mass is 79.9. The van der Waals surface area contributed by atoms with E-state index in [4.69, 9.17) is 0 Å². The second-order valence-electron chi connectivity index (χ2n) is 5.84. The second kappa shape index (κ2) is 6.99. The second-order valence-corrected chi connectivity index (χ2v) is 6.61. The van der Waals surface area contributed by atoms with Gasteiger partial charge in [-0.2, -0.15) is 4.37 Å². The molecule has 3 nitrogen and oxygen atoms in total. The van der Waals surface area contributed by atoms with Crippen molar-refractivity contribution in [2.24, 2.45) is 0 Å². The molecule has 0 amide bonds. The topological polar surface area (TPSA) is 45.2 Å². The Balaban J connectivity index is 0.00000156. The zero-order valence-electron chi connectivity index (χ0n) is 12.7. The monoisotopic (exact) mass is 390 g/mol. The number of nitrogens with one attached hydrogen (secondary N) is 1. The minimum absolute atomic E-state index is 0. The average Bonchev–Trinajstić information content (AvgIpc) is 2.97. The molecule has 5 heteroatoms. The van der Waals surface area contributed by atoms with Gasteiger partial charge in [0.1, 0.15) is 0 Å². The molecular weight excluding hydrogens is 372 g/mol. The standard InChI is InChI=1S/C18H18N2OS.BrH/c21-18-16(13-7-9-19-10-8-13)17(22-20-18)15-6-5-12-3-1-2-4-14(12)11-15;/h1-6,11,13,19H,7-10H2,(H,20,21);1H. The molecule has 0 radical (unpaired) electrons. The fraction of sp³-hybridized carbons (Fsp3) is 0.278. The summed E-state index contributed by atoms with van der Waals surface area (Å²) in [5.41, 5.74) is 2.20. The van der Waals surface area contributed by atoms with E-state index in [1.807, 2.05) is 0 Å². The summed E-state index contributed by atoms with van der Waals surface area (Å²) in [4.78, 5) is 1.12. The summed E-state index contributed by atoms with van der Waals surface area (Å²) in [6.07, 6.45) is 2.12. The first-order valence-corrected chi connectivity index (χ1v) is 8.48. The van der Waals surface area contributed by atoms with Crippen molar-refractivity contribution < 1.29 is 5.11 Å². The molecule has 120 valence electrons. The summed E-state index contributed by atoms with van der Waals surface area (Å²) in [5, 5.41) is 16.1. The number of hydrogen-bond acceptors (Lipinski definition) is 4. The first-order valence-electron chi connectivity index (χ1n) is 7.71. The van der Waals surface area contributed by atoms with E-state index < -0.39 is 0 Å². The highest BCUT2D eigenvalue weighted by Crippen LogP contribution is 2.42. The van der Waals surface area contributed by atoms with Crippen LogP contribution >= 0.6 is 28.5 Å². The lowest BCUT2D eigenvalue weighted by atomic mass is 9.89. The summed E-state index contributed by atoms with van der Waals surface area (Å²) < 4.78 is 4.23. The van der Waals surface area contributed by atoms with Crippen LogP contribution in [0.15, 0.2) is 42.5 Å². The molecule has 1 aliphatic rings. The third-order valence-electron chi connectivity index (χ3n) is 4.47. The number of benzene rings is 2. The summed E-state index contributed by atoms with van der Waals surface area (Å²) in [6, 6.07) is 14.9. The predicted molar refractivity (Wildman–Crippen MR) is 102 cm³/mol. The molecule has 0 bridgehead atoms. The molecule has 2 aromatic carbocycles. The van der Waals surface area contributed by atoms with Crippen LogP contribution in [0.5, 0.6) is 5.88 Å². The van der Waals surface area contributed by atoms with Crippen LogP contribution in [0.3, 0.4) is 0 Å². The van der Waals surface area contributed by atoms with Crippen LogP contribution in [0.1, 0.15) is 24.3 Å². The van der Waals surface area contributed by atoms with Crippen LogP contribution in [0.2, 0.25) is 0 Å². The summed E-state index contributed by atoms with van der Waals surface area (Å²) in [5.74, 6) is 0.626. The molecule has 3 aromatic rings.